The third-order valence-electron chi connectivity index (χ3n) is 3.17. The number of benzene rings is 2. The second kappa shape index (κ2) is 5.13. The van der Waals surface area contributed by atoms with Gasteiger partial charge >= 0.3 is 0 Å². The molecule has 3 aromatic rings. The van der Waals surface area contributed by atoms with E-state index >= 15 is 0 Å². The van der Waals surface area contributed by atoms with E-state index < -0.39 is 0 Å². The van der Waals surface area contributed by atoms with Gasteiger partial charge in [0.2, 0.25) is 0 Å². The van der Waals surface area contributed by atoms with Gasteiger partial charge in [0.15, 0.2) is 0 Å². The fraction of sp³-hybridized carbons (Fsp3) is 0.0588. The second-order valence-electron chi connectivity index (χ2n) is 4.48. The minimum Gasteiger partial charge on any atom is -0.507 e. The molecular formula is C17H14O3. The lowest BCUT2D eigenvalue weighted by Crippen LogP contribution is -1.81. The van der Waals surface area contributed by atoms with Crippen LogP contribution in [0, 0.1) is 0 Å². The molecule has 1 heterocycles. The van der Waals surface area contributed by atoms with Crippen LogP contribution >= 0.6 is 0 Å². The average Bonchev–Trinajstić information content (AvgIpc) is 2.92. The minimum atomic E-state index is 0.240. The van der Waals surface area contributed by atoms with Gasteiger partial charge in [-0.05, 0) is 35.9 Å². The first kappa shape index (κ1) is 12.4. The van der Waals surface area contributed by atoms with Gasteiger partial charge < -0.3 is 14.3 Å². The van der Waals surface area contributed by atoms with Crippen LogP contribution in [0.4, 0.5) is 0 Å². The number of furan rings is 1. The molecule has 100 valence electrons. The van der Waals surface area contributed by atoms with E-state index in [9.17, 15) is 5.11 Å². The summed E-state index contributed by atoms with van der Waals surface area (Å²) in [7, 11) is 1.64. The molecule has 2 aromatic carbocycles. The lowest BCUT2D eigenvalue weighted by molar-refractivity contribution is 0.415. The smallest absolute Gasteiger partial charge is 0.134 e. The first-order valence-electron chi connectivity index (χ1n) is 6.28. The van der Waals surface area contributed by atoms with Gasteiger partial charge in [0.05, 0.1) is 13.4 Å². The molecule has 3 heteroatoms. The summed E-state index contributed by atoms with van der Waals surface area (Å²) < 4.78 is 10.4. The zero-order valence-electron chi connectivity index (χ0n) is 11.0. The van der Waals surface area contributed by atoms with Crippen LogP contribution in [0.5, 0.6) is 11.5 Å². The van der Waals surface area contributed by atoms with Crippen molar-refractivity contribution in [3.8, 4) is 11.5 Å². The van der Waals surface area contributed by atoms with Crippen LogP contribution in [-0.2, 0) is 0 Å². The molecule has 0 fully saturated rings. The molecule has 0 atom stereocenters. The maximum absolute atomic E-state index is 9.97. The van der Waals surface area contributed by atoms with Crippen LogP contribution in [-0.4, -0.2) is 12.2 Å². The first-order chi connectivity index (χ1) is 9.76. The van der Waals surface area contributed by atoms with Crippen LogP contribution in [0.3, 0.4) is 0 Å². The molecule has 0 saturated carbocycles. The number of methoxy groups -OCH3 is 1. The monoisotopic (exact) mass is 266 g/mol. The summed E-state index contributed by atoms with van der Waals surface area (Å²) in [5.74, 6) is 1.06. The summed E-state index contributed by atoms with van der Waals surface area (Å²) in [4.78, 5) is 0. The molecule has 0 saturated heterocycles. The van der Waals surface area contributed by atoms with Gasteiger partial charge in [-0.1, -0.05) is 24.3 Å². The third kappa shape index (κ3) is 2.38. The molecule has 0 unspecified atom stereocenters. The summed E-state index contributed by atoms with van der Waals surface area (Å²) in [6.45, 7) is 0. The summed E-state index contributed by atoms with van der Waals surface area (Å²) in [5.41, 5.74) is 2.52. The van der Waals surface area contributed by atoms with Crippen molar-refractivity contribution in [2.24, 2.45) is 0 Å². The maximum atomic E-state index is 9.97. The molecule has 20 heavy (non-hydrogen) atoms. The standard InChI is InChI=1S/C17H14O3/c1-19-15-6-3-12(4-7-15)2-5-13-11-17-14(8-9-20-17)10-16(13)18/h2-11,18H,1H3. The average molecular weight is 266 g/mol. The lowest BCUT2D eigenvalue weighted by atomic mass is 10.1. The van der Waals surface area contributed by atoms with E-state index in [2.05, 4.69) is 0 Å². The normalized spacial score (nSPS) is 11.2. The molecule has 0 amide bonds. The Labute approximate surface area is 116 Å². The van der Waals surface area contributed by atoms with Crippen molar-refractivity contribution in [1.29, 1.82) is 0 Å². The van der Waals surface area contributed by atoms with Gasteiger partial charge in [-0.2, -0.15) is 0 Å². The van der Waals surface area contributed by atoms with Crippen molar-refractivity contribution in [3.63, 3.8) is 0 Å². The van der Waals surface area contributed by atoms with E-state index in [1.54, 1.807) is 19.4 Å². The van der Waals surface area contributed by atoms with E-state index in [-0.39, 0.29) is 5.75 Å². The number of aromatic hydroxyl groups is 1. The Hall–Kier alpha value is -2.68. The zero-order valence-corrected chi connectivity index (χ0v) is 11.0. The molecule has 0 aliphatic heterocycles. The third-order valence-corrected chi connectivity index (χ3v) is 3.17. The van der Waals surface area contributed by atoms with Crippen molar-refractivity contribution < 1.29 is 14.3 Å². The first-order valence-corrected chi connectivity index (χ1v) is 6.28. The molecule has 0 spiro atoms. The number of fused-ring (bicyclic) bond motifs is 1. The van der Waals surface area contributed by atoms with Crippen molar-refractivity contribution in [2.75, 3.05) is 7.11 Å². The van der Waals surface area contributed by atoms with E-state index in [1.165, 1.54) is 0 Å². The molecule has 1 N–H and O–H groups in total. The van der Waals surface area contributed by atoms with E-state index in [1.807, 2.05) is 48.6 Å². The fourth-order valence-corrected chi connectivity index (χ4v) is 2.05. The van der Waals surface area contributed by atoms with Gasteiger partial charge in [-0.15, -0.1) is 0 Å². The van der Waals surface area contributed by atoms with Gasteiger partial charge in [0.25, 0.3) is 0 Å². The molecule has 0 aliphatic carbocycles. The van der Waals surface area contributed by atoms with E-state index in [0.717, 1.165) is 27.8 Å². The van der Waals surface area contributed by atoms with Gasteiger partial charge in [-0.25, -0.2) is 0 Å². The lowest BCUT2D eigenvalue weighted by Gasteiger charge is -2.01. The van der Waals surface area contributed by atoms with Gasteiger partial charge in [0.1, 0.15) is 17.1 Å². The van der Waals surface area contributed by atoms with Crippen LogP contribution < -0.4 is 4.74 Å². The predicted molar refractivity (Wildman–Crippen MR) is 79.8 cm³/mol. The number of ether oxygens (including phenoxy) is 1. The summed E-state index contributed by atoms with van der Waals surface area (Å²) in [6.07, 6.45) is 5.41. The second-order valence-corrected chi connectivity index (χ2v) is 4.48. The Morgan fingerprint density at radius 1 is 1.05 bits per heavy atom. The van der Waals surface area contributed by atoms with Crippen LogP contribution in [0.15, 0.2) is 53.1 Å². The maximum Gasteiger partial charge on any atom is 0.134 e. The Morgan fingerprint density at radius 2 is 1.85 bits per heavy atom. The Morgan fingerprint density at radius 3 is 2.60 bits per heavy atom. The molecule has 3 rings (SSSR count). The van der Waals surface area contributed by atoms with E-state index in [4.69, 9.17) is 9.15 Å². The van der Waals surface area contributed by atoms with Gasteiger partial charge in [0, 0.05) is 10.9 Å². The van der Waals surface area contributed by atoms with Gasteiger partial charge in [-0.3, -0.25) is 0 Å². The highest BCUT2D eigenvalue weighted by atomic mass is 16.5. The number of phenolic OH excluding ortho intramolecular Hbond substituents is 1. The Bertz CT molecular complexity index is 752. The largest absolute Gasteiger partial charge is 0.507 e. The number of hydrogen-bond donors (Lipinski definition) is 1. The molecule has 0 radical (unpaired) electrons. The minimum absolute atomic E-state index is 0.240. The van der Waals surface area contributed by atoms with Crippen molar-refractivity contribution in [3.05, 3.63) is 59.9 Å². The SMILES string of the molecule is COc1ccc(C=Cc2cc3occc3cc2O)cc1. The summed E-state index contributed by atoms with van der Waals surface area (Å²) in [6, 6.07) is 13.1. The zero-order chi connectivity index (χ0) is 13.9. The van der Waals surface area contributed by atoms with E-state index in [0.29, 0.717) is 0 Å². The quantitative estimate of drug-likeness (QED) is 0.718. The summed E-state index contributed by atoms with van der Waals surface area (Å²) >= 11 is 0. The molecule has 1 aromatic heterocycles. The van der Waals surface area contributed by atoms with Crippen molar-refractivity contribution >= 4 is 23.1 Å². The predicted octanol–water partition coefficient (Wildman–Crippen LogP) is 4.32. The highest BCUT2D eigenvalue weighted by molar-refractivity contribution is 5.85. The number of hydrogen-bond acceptors (Lipinski definition) is 3. The number of phenols is 1. The van der Waals surface area contributed by atoms with Crippen molar-refractivity contribution in [1.82, 2.24) is 0 Å². The van der Waals surface area contributed by atoms with Crippen LogP contribution in [0.2, 0.25) is 0 Å². The van der Waals surface area contributed by atoms with Crippen LogP contribution in [0.25, 0.3) is 23.1 Å². The molecular weight excluding hydrogens is 252 g/mol. The molecule has 3 nitrogen and oxygen atoms in total. The summed E-state index contributed by atoms with van der Waals surface area (Å²) in [5, 5.41) is 10.9. The highest BCUT2D eigenvalue weighted by Crippen LogP contribution is 2.27. The number of rotatable bonds is 3. The Balaban J connectivity index is 1.90. The topological polar surface area (TPSA) is 42.6 Å². The molecule has 0 aliphatic rings. The Kier molecular flexibility index (Phi) is 3.17. The van der Waals surface area contributed by atoms with Crippen molar-refractivity contribution in [2.45, 2.75) is 0 Å². The fourth-order valence-electron chi connectivity index (χ4n) is 2.05. The van der Waals surface area contributed by atoms with Crippen LogP contribution in [0.1, 0.15) is 11.1 Å². The highest BCUT2D eigenvalue weighted by Gasteiger charge is 2.03. The molecule has 0 bridgehead atoms.